The van der Waals surface area contributed by atoms with E-state index in [-0.39, 0.29) is 0 Å². The van der Waals surface area contributed by atoms with Crippen LogP contribution in [0.2, 0.25) is 0 Å². The van der Waals surface area contributed by atoms with E-state index in [1.807, 2.05) is 53.1 Å². The van der Waals surface area contributed by atoms with Crippen molar-refractivity contribution in [2.75, 3.05) is 0 Å². The molecule has 0 radical (unpaired) electrons. The van der Waals surface area contributed by atoms with Crippen LogP contribution in [0.15, 0.2) is 182 Å². The number of pyridine rings is 1. The van der Waals surface area contributed by atoms with Crippen LogP contribution in [0.1, 0.15) is 0 Å². The maximum Gasteiger partial charge on any atom is 0.164 e. The molecular formula is C50H30N4S2. The Morgan fingerprint density at radius 1 is 0.286 bits per heavy atom. The zero-order valence-corrected chi connectivity index (χ0v) is 31.6. The number of nitrogens with zero attached hydrogens (tertiary/aromatic N) is 4. The van der Waals surface area contributed by atoms with E-state index in [4.69, 9.17) is 15.0 Å². The first-order chi connectivity index (χ1) is 27.7. The number of rotatable bonds is 6. The van der Waals surface area contributed by atoms with Gasteiger partial charge in [0.1, 0.15) is 0 Å². The van der Waals surface area contributed by atoms with Crippen molar-refractivity contribution in [3.8, 4) is 67.5 Å². The molecule has 4 aromatic heterocycles. The van der Waals surface area contributed by atoms with Gasteiger partial charge in [0.05, 0.1) is 0 Å². The molecule has 0 unspecified atom stereocenters. The van der Waals surface area contributed by atoms with Crippen molar-refractivity contribution in [1.82, 2.24) is 19.9 Å². The van der Waals surface area contributed by atoms with Crippen LogP contribution in [0.5, 0.6) is 0 Å². The van der Waals surface area contributed by atoms with E-state index in [1.54, 1.807) is 6.20 Å². The number of fused-ring (bicyclic) bond motifs is 6. The van der Waals surface area contributed by atoms with E-state index < -0.39 is 0 Å². The van der Waals surface area contributed by atoms with Gasteiger partial charge < -0.3 is 0 Å². The zero-order chi connectivity index (χ0) is 37.0. The summed E-state index contributed by atoms with van der Waals surface area (Å²) in [7, 11) is 0. The monoisotopic (exact) mass is 750 g/mol. The Hall–Kier alpha value is -6.86. The van der Waals surface area contributed by atoms with E-state index in [9.17, 15) is 0 Å². The number of aromatic nitrogens is 4. The third-order valence-electron chi connectivity index (χ3n) is 10.4. The smallest absolute Gasteiger partial charge is 0.164 e. The van der Waals surface area contributed by atoms with Gasteiger partial charge in [0.2, 0.25) is 0 Å². The van der Waals surface area contributed by atoms with Crippen LogP contribution in [-0.2, 0) is 0 Å². The van der Waals surface area contributed by atoms with Crippen molar-refractivity contribution in [3.63, 3.8) is 0 Å². The first-order valence-corrected chi connectivity index (χ1v) is 20.1. The zero-order valence-electron chi connectivity index (χ0n) is 29.9. The van der Waals surface area contributed by atoms with Gasteiger partial charge in [-0.3, -0.25) is 4.98 Å². The highest BCUT2D eigenvalue weighted by Gasteiger charge is 2.17. The lowest BCUT2D eigenvalue weighted by Crippen LogP contribution is -2.00. The fourth-order valence-corrected chi connectivity index (χ4v) is 9.89. The summed E-state index contributed by atoms with van der Waals surface area (Å²) in [6, 6.07) is 60.3. The molecule has 0 amide bonds. The molecule has 0 N–H and O–H groups in total. The molecule has 0 saturated heterocycles. The average Bonchev–Trinajstić information content (AvgIpc) is 3.84. The van der Waals surface area contributed by atoms with Gasteiger partial charge in [-0.25, -0.2) is 15.0 Å². The molecule has 4 nitrogen and oxygen atoms in total. The van der Waals surface area contributed by atoms with Crippen LogP contribution in [0.3, 0.4) is 0 Å². The molecule has 0 aliphatic rings. The second-order valence-corrected chi connectivity index (χ2v) is 16.1. The van der Waals surface area contributed by atoms with Crippen LogP contribution in [0, 0.1) is 0 Å². The predicted molar refractivity (Wildman–Crippen MR) is 236 cm³/mol. The minimum atomic E-state index is 0.622. The van der Waals surface area contributed by atoms with Crippen molar-refractivity contribution in [1.29, 1.82) is 0 Å². The van der Waals surface area contributed by atoms with Crippen molar-refractivity contribution in [2.45, 2.75) is 0 Å². The molecular weight excluding hydrogens is 721 g/mol. The summed E-state index contributed by atoms with van der Waals surface area (Å²) in [5.74, 6) is 1.88. The van der Waals surface area contributed by atoms with Gasteiger partial charge >= 0.3 is 0 Å². The molecule has 0 fully saturated rings. The van der Waals surface area contributed by atoms with Crippen molar-refractivity contribution >= 4 is 63.0 Å². The third-order valence-corrected chi connectivity index (χ3v) is 12.7. The van der Waals surface area contributed by atoms with Gasteiger partial charge in [-0.05, 0) is 81.9 Å². The summed E-state index contributed by atoms with van der Waals surface area (Å²) in [4.78, 5) is 19.7. The molecule has 0 aliphatic heterocycles. The number of benzene rings is 7. The fourth-order valence-electron chi connectivity index (χ4n) is 7.60. The Morgan fingerprint density at radius 3 is 1.30 bits per heavy atom. The molecule has 4 heterocycles. The molecule has 0 bridgehead atoms. The molecule has 0 atom stereocenters. The van der Waals surface area contributed by atoms with Crippen LogP contribution < -0.4 is 0 Å². The normalized spacial score (nSPS) is 11.6. The van der Waals surface area contributed by atoms with Crippen molar-refractivity contribution < 1.29 is 0 Å². The predicted octanol–water partition coefficient (Wildman–Crippen LogP) is 14.0. The highest BCUT2D eigenvalue weighted by Crippen LogP contribution is 2.41. The van der Waals surface area contributed by atoms with Crippen molar-refractivity contribution in [3.05, 3.63) is 182 Å². The summed E-state index contributed by atoms with van der Waals surface area (Å²) < 4.78 is 5.13. The van der Waals surface area contributed by atoms with Crippen LogP contribution in [-0.4, -0.2) is 19.9 Å². The summed E-state index contributed by atoms with van der Waals surface area (Å²) in [6.07, 6.45) is 3.67. The lowest BCUT2D eigenvalue weighted by atomic mass is 9.95. The first-order valence-electron chi connectivity index (χ1n) is 18.5. The molecule has 262 valence electrons. The standard InChI is InChI=1S/C50H30N4S2/c1-2-9-32(10-3-1)48-52-49(33-18-16-31(17-19-33)36-11-8-24-51-30-36)54-50(53-48)39-26-37(34-20-22-42-40-12-4-6-14-44(40)55-46(42)28-34)25-38(27-39)35-21-23-43-41-13-5-7-15-45(41)56-47(43)29-35/h1-30H. The quantitative estimate of drug-likeness (QED) is 0.170. The lowest BCUT2D eigenvalue weighted by Gasteiger charge is -2.13. The highest BCUT2D eigenvalue weighted by molar-refractivity contribution is 7.26. The summed E-state index contributed by atoms with van der Waals surface area (Å²) >= 11 is 3.68. The molecule has 6 heteroatoms. The minimum Gasteiger partial charge on any atom is -0.264 e. The molecule has 0 spiro atoms. The Balaban J connectivity index is 1.10. The highest BCUT2D eigenvalue weighted by atomic mass is 32.1. The topological polar surface area (TPSA) is 51.6 Å². The Kier molecular flexibility index (Phi) is 7.83. The molecule has 0 saturated carbocycles. The van der Waals surface area contributed by atoms with Gasteiger partial charge in [0.15, 0.2) is 17.5 Å². The Bertz CT molecular complexity index is 3110. The van der Waals surface area contributed by atoms with E-state index in [0.717, 1.165) is 50.1 Å². The Labute approximate surface area is 331 Å². The molecule has 0 aliphatic carbocycles. The number of hydrogen-bond donors (Lipinski definition) is 0. The molecule has 7 aromatic carbocycles. The lowest BCUT2D eigenvalue weighted by molar-refractivity contribution is 1.07. The minimum absolute atomic E-state index is 0.622. The SMILES string of the molecule is c1ccc(-c2nc(-c3ccc(-c4cccnc4)cc3)nc(-c3cc(-c4ccc5c(c4)sc4ccccc45)cc(-c4ccc5c(c4)sc4ccccc45)c3)n2)cc1. The fraction of sp³-hybridized carbons (Fsp3) is 0. The third kappa shape index (κ3) is 5.84. The van der Waals surface area contributed by atoms with Gasteiger partial charge in [-0.15, -0.1) is 22.7 Å². The van der Waals surface area contributed by atoms with Crippen LogP contribution in [0.4, 0.5) is 0 Å². The van der Waals surface area contributed by atoms with E-state index in [0.29, 0.717) is 17.5 Å². The maximum atomic E-state index is 5.20. The van der Waals surface area contributed by atoms with Crippen LogP contribution in [0.25, 0.3) is 108 Å². The van der Waals surface area contributed by atoms with E-state index >= 15 is 0 Å². The average molecular weight is 751 g/mol. The van der Waals surface area contributed by atoms with E-state index in [2.05, 4.69) is 151 Å². The summed E-state index contributed by atoms with van der Waals surface area (Å²) in [6.45, 7) is 0. The largest absolute Gasteiger partial charge is 0.264 e. The molecule has 11 aromatic rings. The first kappa shape index (κ1) is 32.6. The summed E-state index contributed by atoms with van der Waals surface area (Å²) in [5, 5.41) is 5.16. The summed E-state index contributed by atoms with van der Waals surface area (Å²) in [5.41, 5.74) is 9.45. The molecule has 56 heavy (non-hydrogen) atoms. The van der Waals surface area contributed by atoms with Gasteiger partial charge in [0.25, 0.3) is 0 Å². The van der Waals surface area contributed by atoms with Gasteiger partial charge in [0, 0.05) is 69.4 Å². The second-order valence-electron chi connectivity index (χ2n) is 13.9. The number of hydrogen-bond acceptors (Lipinski definition) is 6. The number of thiophene rings is 2. The maximum absolute atomic E-state index is 5.20. The van der Waals surface area contributed by atoms with Gasteiger partial charge in [-0.1, -0.05) is 121 Å². The van der Waals surface area contributed by atoms with Crippen LogP contribution >= 0.6 is 22.7 Å². The Morgan fingerprint density at radius 2 is 0.732 bits per heavy atom. The molecule has 11 rings (SSSR count). The van der Waals surface area contributed by atoms with Gasteiger partial charge in [-0.2, -0.15) is 0 Å². The van der Waals surface area contributed by atoms with E-state index in [1.165, 1.54) is 40.3 Å². The second kappa shape index (κ2) is 13.5. The van der Waals surface area contributed by atoms with Crippen molar-refractivity contribution in [2.24, 2.45) is 0 Å².